The van der Waals surface area contributed by atoms with Crippen molar-refractivity contribution in [1.29, 1.82) is 0 Å². The molecular formula is C19H23ClN2O2. The van der Waals surface area contributed by atoms with Gasteiger partial charge in [-0.15, -0.1) is 12.4 Å². The summed E-state index contributed by atoms with van der Waals surface area (Å²) < 4.78 is 5.41. The van der Waals surface area contributed by atoms with Crippen molar-refractivity contribution in [3.8, 4) is 5.75 Å². The summed E-state index contributed by atoms with van der Waals surface area (Å²) in [6.07, 6.45) is 0. The van der Waals surface area contributed by atoms with Gasteiger partial charge in [-0.1, -0.05) is 23.8 Å². The number of nitrogens with one attached hydrogen (secondary N) is 2. The highest BCUT2D eigenvalue weighted by Crippen LogP contribution is 2.26. The van der Waals surface area contributed by atoms with Gasteiger partial charge in [0, 0.05) is 24.2 Å². The number of carbonyl (C=O) groups excluding carboxylic acids is 1. The van der Waals surface area contributed by atoms with E-state index in [4.69, 9.17) is 4.74 Å². The summed E-state index contributed by atoms with van der Waals surface area (Å²) in [6.45, 7) is 5.72. The number of rotatable bonds is 4. The molecule has 0 aromatic heterocycles. The first-order valence-corrected chi connectivity index (χ1v) is 7.86. The molecule has 24 heavy (non-hydrogen) atoms. The molecule has 0 spiro atoms. The van der Waals surface area contributed by atoms with Crippen LogP contribution in [0.3, 0.4) is 0 Å². The normalized spacial score (nSPS) is 13.6. The van der Waals surface area contributed by atoms with Gasteiger partial charge in [0.15, 0.2) is 0 Å². The predicted octanol–water partition coefficient (Wildman–Crippen LogP) is 3.52. The van der Waals surface area contributed by atoms with Crippen LogP contribution >= 0.6 is 12.4 Å². The molecule has 1 amide bonds. The Morgan fingerprint density at radius 3 is 2.67 bits per heavy atom. The molecule has 1 atom stereocenters. The topological polar surface area (TPSA) is 50.4 Å². The van der Waals surface area contributed by atoms with Crippen LogP contribution in [0.25, 0.3) is 0 Å². The van der Waals surface area contributed by atoms with Crippen LogP contribution in [0.15, 0.2) is 36.4 Å². The zero-order chi connectivity index (χ0) is 16.4. The first-order valence-electron chi connectivity index (χ1n) is 7.86. The van der Waals surface area contributed by atoms with Crippen molar-refractivity contribution >= 4 is 18.3 Å². The zero-order valence-corrected chi connectivity index (χ0v) is 15.0. The van der Waals surface area contributed by atoms with Gasteiger partial charge in [0.25, 0.3) is 5.91 Å². The molecule has 1 aliphatic heterocycles. The van der Waals surface area contributed by atoms with Gasteiger partial charge in [0.2, 0.25) is 0 Å². The number of ether oxygens (including phenoxy) is 1. The molecule has 0 radical (unpaired) electrons. The van der Waals surface area contributed by atoms with Crippen LogP contribution in [0.2, 0.25) is 0 Å². The van der Waals surface area contributed by atoms with Crippen molar-refractivity contribution in [1.82, 2.24) is 10.6 Å². The van der Waals surface area contributed by atoms with Gasteiger partial charge in [-0.2, -0.15) is 0 Å². The van der Waals surface area contributed by atoms with Gasteiger partial charge in [0.1, 0.15) is 5.75 Å². The highest BCUT2D eigenvalue weighted by Gasteiger charge is 2.17. The largest absolute Gasteiger partial charge is 0.496 e. The average molecular weight is 347 g/mol. The van der Waals surface area contributed by atoms with E-state index in [1.54, 1.807) is 7.11 Å². The van der Waals surface area contributed by atoms with E-state index in [-0.39, 0.29) is 24.4 Å². The van der Waals surface area contributed by atoms with Crippen LogP contribution in [0.4, 0.5) is 0 Å². The van der Waals surface area contributed by atoms with Crippen molar-refractivity contribution in [3.63, 3.8) is 0 Å². The molecule has 0 saturated heterocycles. The minimum atomic E-state index is -0.122. The summed E-state index contributed by atoms with van der Waals surface area (Å²) in [6, 6.07) is 11.8. The Morgan fingerprint density at radius 1 is 1.17 bits per heavy atom. The number of hydrogen-bond donors (Lipinski definition) is 2. The molecule has 128 valence electrons. The molecule has 1 aliphatic rings. The first kappa shape index (κ1) is 18.3. The number of amides is 1. The second-order valence-corrected chi connectivity index (χ2v) is 6.03. The van der Waals surface area contributed by atoms with Crippen LogP contribution in [0.1, 0.15) is 45.6 Å². The number of hydrogen-bond acceptors (Lipinski definition) is 3. The van der Waals surface area contributed by atoms with Gasteiger partial charge in [-0.3, -0.25) is 4.79 Å². The first-order chi connectivity index (χ1) is 11.1. The molecule has 2 N–H and O–H groups in total. The summed E-state index contributed by atoms with van der Waals surface area (Å²) in [7, 11) is 1.65. The molecule has 5 heteroatoms. The maximum atomic E-state index is 12.5. The van der Waals surface area contributed by atoms with E-state index in [1.165, 1.54) is 11.1 Å². The molecule has 3 rings (SSSR count). The summed E-state index contributed by atoms with van der Waals surface area (Å²) in [5.74, 6) is 0.734. The van der Waals surface area contributed by atoms with E-state index >= 15 is 0 Å². The molecule has 1 heterocycles. The Labute approximate surface area is 149 Å². The van der Waals surface area contributed by atoms with E-state index in [1.807, 2.05) is 44.2 Å². The van der Waals surface area contributed by atoms with Crippen molar-refractivity contribution < 1.29 is 9.53 Å². The maximum absolute atomic E-state index is 12.5. The fourth-order valence-corrected chi connectivity index (χ4v) is 2.99. The Hall–Kier alpha value is -2.04. The van der Waals surface area contributed by atoms with Gasteiger partial charge in [-0.05, 0) is 43.2 Å². The fraction of sp³-hybridized carbons (Fsp3) is 0.316. The Kier molecular flexibility index (Phi) is 5.86. The van der Waals surface area contributed by atoms with Crippen LogP contribution in [0, 0.1) is 6.92 Å². The molecule has 2 aromatic carbocycles. The highest BCUT2D eigenvalue weighted by atomic mass is 35.5. The maximum Gasteiger partial charge on any atom is 0.251 e. The number of aryl methyl sites for hydroxylation is 1. The third kappa shape index (κ3) is 3.71. The van der Waals surface area contributed by atoms with E-state index in [0.29, 0.717) is 5.56 Å². The SMILES string of the molecule is COc1ccc(C)cc1C(C)NC(=O)c1ccc2c(c1)CNC2.Cl. The second-order valence-electron chi connectivity index (χ2n) is 6.03. The van der Waals surface area contributed by atoms with Gasteiger partial charge in [0.05, 0.1) is 13.2 Å². The van der Waals surface area contributed by atoms with Crippen LogP contribution in [-0.4, -0.2) is 13.0 Å². The van der Waals surface area contributed by atoms with Crippen molar-refractivity contribution in [2.45, 2.75) is 33.0 Å². The van der Waals surface area contributed by atoms with Gasteiger partial charge >= 0.3 is 0 Å². The third-order valence-corrected chi connectivity index (χ3v) is 4.30. The van der Waals surface area contributed by atoms with Crippen molar-refractivity contribution in [2.75, 3.05) is 7.11 Å². The quantitative estimate of drug-likeness (QED) is 0.890. The lowest BCUT2D eigenvalue weighted by Gasteiger charge is -2.18. The molecule has 0 aliphatic carbocycles. The zero-order valence-electron chi connectivity index (χ0n) is 14.2. The molecule has 0 fully saturated rings. The van der Waals surface area contributed by atoms with Crippen LogP contribution in [-0.2, 0) is 13.1 Å². The Balaban J connectivity index is 0.00000208. The van der Waals surface area contributed by atoms with Crippen molar-refractivity contribution in [2.24, 2.45) is 0 Å². The van der Waals surface area contributed by atoms with Crippen LogP contribution < -0.4 is 15.4 Å². The summed E-state index contributed by atoms with van der Waals surface area (Å²) in [4.78, 5) is 12.5. The fourth-order valence-electron chi connectivity index (χ4n) is 2.99. The lowest BCUT2D eigenvalue weighted by molar-refractivity contribution is 0.0939. The second kappa shape index (κ2) is 7.69. The van der Waals surface area contributed by atoms with E-state index in [9.17, 15) is 4.79 Å². The predicted molar refractivity (Wildman–Crippen MR) is 97.8 cm³/mol. The van der Waals surface area contributed by atoms with Crippen LogP contribution in [0.5, 0.6) is 5.75 Å². The number of methoxy groups -OCH3 is 1. The third-order valence-electron chi connectivity index (χ3n) is 4.30. The lowest BCUT2D eigenvalue weighted by atomic mass is 10.0. The van der Waals surface area contributed by atoms with E-state index < -0.39 is 0 Å². The summed E-state index contributed by atoms with van der Waals surface area (Å²) in [5.41, 5.74) is 5.31. The summed E-state index contributed by atoms with van der Waals surface area (Å²) >= 11 is 0. The molecule has 0 saturated carbocycles. The molecule has 4 nitrogen and oxygen atoms in total. The number of benzene rings is 2. The Morgan fingerprint density at radius 2 is 1.92 bits per heavy atom. The Bertz CT molecular complexity index is 746. The lowest BCUT2D eigenvalue weighted by Crippen LogP contribution is -2.27. The van der Waals surface area contributed by atoms with Gasteiger partial charge in [-0.25, -0.2) is 0 Å². The molecule has 0 bridgehead atoms. The average Bonchev–Trinajstić information content (AvgIpc) is 3.02. The standard InChI is InChI=1S/C19H22N2O2.ClH/c1-12-4-7-18(23-3)17(8-12)13(2)21-19(22)14-5-6-15-10-20-11-16(15)9-14;/h4-9,13,20H,10-11H2,1-3H3,(H,21,22);1H. The minimum Gasteiger partial charge on any atom is -0.496 e. The monoisotopic (exact) mass is 346 g/mol. The van der Waals surface area contributed by atoms with Gasteiger partial charge < -0.3 is 15.4 Å². The number of carbonyl (C=O) groups is 1. The van der Waals surface area contributed by atoms with E-state index in [2.05, 4.69) is 16.7 Å². The summed E-state index contributed by atoms with van der Waals surface area (Å²) in [5, 5.41) is 6.36. The molecule has 2 aromatic rings. The van der Waals surface area contributed by atoms with Crippen molar-refractivity contribution in [3.05, 3.63) is 64.2 Å². The number of fused-ring (bicyclic) bond motifs is 1. The van der Waals surface area contributed by atoms with E-state index in [0.717, 1.165) is 30.0 Å². The number of halogens is 1. The molecule has 1 unspecified atom stereocenters. The minimum absolute atomic E-state index is 0. The smallest absolute Gasteiger partial charge is 0.251 e. The highest BCUT2D eigenvalue weighted by molar-refractivity contribution is 5.94. The molecular weight excluding hydrogens is 324 g/mol.